The maximum absolute atomic E-state index is 11.9. The number of aromatic nitrogens is 2. The molecular formula is C12H18N4O4. The first kappa shape index (κ1) is 14.3. The van der Waals surface area contributed by atoms with Gasteiger partial charge in [0, 0.05) is 6.04 Å². The summed E-state index contributed by atoms with van der Waals surface area (Å²) in [5, 5.41) is 9.63. The van der Waals surface area contributed by atoms with Crippen molar-refractivity contribution in [3.05, 3.63) is 5.69 Å². The maximum atomic E-state index is 11.9. The summed E-state index contributed by atoms with van der Waals surface area (Å²) in [5.74, 6) is -0.643. The number of nitrogen functional groups attached to an aromatic ring is 1. The van der Waals surface area contributed by atoms with Gasteiger partial charge in [-0.2, -0.15) is 0 Å². The van der Waals surface area contributed by atoms with Crippen LogP contribution >= 0.6 is 0 Å². The number of nitrogens with zero attached hydrogens (tertiary/aromatic N) is 2. The van der Waals surface area contributed by atoms with Crippen molar-refractivity contribution in [1.82, 2.24) is 15.6 Å². The average molecular weight is 282 g/mol. The summed E-state index contributed by atoms with van der Waals surface area (Å²) in [6.07, 6.45) is 2.85. The Hall–Kier alpha value is -2.12. The second-order valence-electron chi connectivity index (χ2n) is 4.77. The van der Waals surface area contributed by atoms with E-state index >= 15 is 0 Å². The van der Waals surface area contributed by atoms with Crippen molar-refractivity contribution in [2.45, 2.75) is 38.6 Å². The minimum atomic E-state index is -0.400. The SMILES string of the molecule is CCOC(=O)C1CCC(NC(=O)c2nonc2N)CC1. The fraction of sp³-hybridized carbons (Fsp3) is 0.667. The number of anilines is 1. The third kappa shape index (κ3) is 3.25. The van der Waals surface area contributed by atoms with Crippen LogP contribution in [0.3, 0.4) is 0 Å². The zero-order valence-corrected chi connectivity index (χ0v) is 11.3. The molecule has 0 aromatic carbocycles. The molecule has 20 heavy (non-hydrogen) atoms. The van der Waals surface area contributed by atoms with Gasteiger partial charge in [0.25, 0.3) is 5.91 Å². The largest absolute Gasteiger partial charge is 0.466 e. The molecular weight excluding hydrogens is 264 g/mol. The van der Waals surface area contributed by atoms with Gasteiger partial charge in [0.2, 0.25) is 11.5 Å². The van der Waals surface area contributed by atoms with Crippen LogP contribution in [0, 0.1) is 5.92 Å². The lowest BCUT2D eigenvalue weighted by Gasteiger charge is -2.27. The standard InChI is InChI=1S/C12H18N4O4/c1-2-19-12(18)7-3-5-8(6-4-7)14-11(17)9-10(13)16-20-15-9/h7-8H,2-6H2,1H3,(H2,13,16)(H,14,17). The predicted molar refractivity (Wildman–Crippen MR) is 68.6 cm³/mol. The lowest BCUT2D eigenvalue weighted by atomic mass is 9.86. The molecule has 1 fully saturated rings. The van der Waals surface area contributed by atoms with Crippen LogP contribution in [0.15, 0.2) is 4.63 Å². The summed E-state index contributed by atoms with van der Waals surface area (Å²) < 4.78 is 9.38. The van der Waals surface area contributed by atoms with Crippen molar-refractivity contribution in [3.8, 4) is 0 Å². The highest BCUT2D eigenvalue weighted by atomic mass is 16.6. The molecule has 0 unspecified atom stereocenters. The molecule has 8 nitrogen and oxygen atoms in total. The van der Waals surface area contributed by atoms with Crippen molar-refractivity contribution >= 4 is 17.7 Å². The van der Waals surface area contributed by atoms with Gasteiger partial charge in [-0.3, -0.25) is 9.59 Å². The number of nitrogens with two attached hydrogens (primary N) is 1. The fourth-order valence-corrected chi connectivity index (χ4v) is 2.34. The molecule has 1 aromatic rings. The van der Waals surface area contributed by atoms with Gasteiger partial charge >= 0.3 is 5.97 Å². The van der Waals surface area contributed by atoms with Gasteiger partial charge < -0.3 is 15.8 Å². The van der Waals surface area contributed by atoms with Gasteiger partial charge in [0.15, 0.2) is 0 Å². The summed E-state index contributed by atoms with van der Waals surface area (Å²) in [5.41, 5.74) is 5.45. The summed E-state index contributed by atoms with van der Waals surface area (Å²) >= 11 is 0. The highest BCUT2D eigenvalue weighted by Gasteiger charge is 2.29. The van der Waals surface area contributed by atoms with Crippen LogP contribution in [0.25, 0.3) is 0 Å². The normalized spacial score (nSPS) is 22.2. The molecule has 8 heteroatoms. The molecule has 1 aromatic heterocycles. The first-order valence-corrected chi connectivity index (χ1v) is 6.67. The number of hydrogen-bond donors (Lipinski definition) is 2. The lowest BCUT2D eigenvalue weighted by molar-refractivity contribution is -0.149. The average Bonchev–Trinajstić information content (AvgIpc) is 2.86. The van der Waals surface area contributed by atoms with Gasteiger partial charge in [-0.1, -0.05) is 0 Å². The van der Waals surface area contributed by atoms with E-state index in [1.807, 2.05) is 0 Å². The van der Waals surface area contributed by atoms with E-state index in [1.165, 1.54) is 0 Å². The second-order valence-corrected chi connectivity index (χ2v) is 4.77. The van der Waals surface area contributed by atoms with E-state index in [4.69, 9.17) is 10.5 Å². The zero-order chi connectivity index (χ0) is 14.5. The van der Waals surface area contributed by atoms with Crippen molar-refractivity contribution < 1.29 is 19.0 Å². The topological polar surface area (TPSA) is 120 Å². The Labute approximate surface area is 116 Å². The van der Waals surface area contributed by atoms with Crippen LogP contribution in [0.4, 0.5) is 5.82 Å². The number of esters is 1. The molecule has 1 amide bonds. The first-order chi connectivity index (χ1) is 9.61. The predicted octanol–water partition coefficient (Wildman–Crippen LogP) is 0.503. The molecule has 2 rings (SSSR count). The van der Waals surface area contributed by atoms with Crippen LogP contribution in [0.5, 0.6) is 0 Å². The van der Waals surface area contributed by atoms with E-state index in [-0.39, 0.29) is 29.4 Å². The van der Waals surface area contributed by atoms with E-state index in [0.717, 1.165) is 12.8 Å². The molecule has 1 aliphatic carbocycles. The van der Waals surface area contributed by atoms with E-state index < -0.39 is 5.91 Å². The molecule has 1 saturated carbocycles. The molecule has 0 spiro atoms. The Kier molecular flexibility index (Phi) is 4.54. The first-order valence-electron chi connectivity index (χ1n) is 6.67. The summed E-state index contributed by atoms with van der Waals surface area (Å²) in [6, 6.07) is 0.00396. The van der Waals surface area contributed by atoms with Gasteiger partial charge in [-0.25, -0.2) is 4.63 Å². The van der Waals surface area contributed by atoms with E-state index in [1.54, 1.807) is 6.92 Å². The van der Waals surface area contributed by atoms with Crippen molar-refractivity contribution in [2.75, 3.05) is 12.3 Å². The summed E-state index contributed by atoms with van der Waals surface area (Å²) in [4.78, 5) is 23.5. The Morgan fingerprint density at radius 1 is 1.35 bits per heavy atom. The Morgan fingerprint density at radius 2 is 2.05 bits per heavy atom. The highest BCUT2D eigenvalue weighted by Crippen LogP contribution is 2.25. The van der Waals surface area contributed by atoms with Gasteiger partial charge in [-0.05, 0) is 42.9 Å². The van der Waals surface area contributed by atoms with Gasteiger partial charge in [0.05, 0.1) is 12.5 Å². The molecule has 0 saturated heterocycles. The lowest BCUT2D eigenvalue weighted by Crippen LogP contribution is -2.39. The molecule has 1 heterocycles. The smallest absolute Gasteiger partial charge is 0.308 e. The third-order valence-corrected chi connectivity index (χ3v) is 3.41. The van der Waals surface area contributed by atoms with Crippen LogP contribution < -0.4 is 11.1 Å². The number of rotatable bonds is 4. The van der Waals surface area contributed by atoms with E-state index in [2.05, 4.69) is 20.3 Å². The van der Waals surface area contributed by atoms with E-state index in [9.17, 15) is 9.59 Å². The van der Waals surface area contributed by atoms with Gasteiger partial charge in [0.1, 0.15) is 0 Å². The molecule has 3 N–H and O–H groups in total. The quantitative estimate of drug-likeness (QED) is 0.771. The van der Waals surface area contributed by atoms with Crippen molar-refractivity contribution in [2.24, 2.45) is 5.92 Å². The Bertz CT molecular complexity index is 480. The number of ether oxygens (including phenoxy) is 1. The van der Waals surface area contributed by atoms with Crippen LogP contribution in [-0.2, 0) is 9.53 Å². The minimum Gasteiger partial charge on any atom is -0.466 e. The van der Waals surface area contributed by atoms with Crippen molar-refractivity contribution in [1.29, 1.82) is 0 Å². The maximum Gasteiger partial charge on any atom is 0.308 e. The second kappa shape index (κ2) is 6.36. The molecule has 0 radical (unpaired) electrons. The number of carbonyl (C=O) groups is 2. The van der Waals surface area contributed by atoms with Crippen LogP contribution in [0.2, 0.25) is 0 Å². The molecule has 0 aliphatic heterocycles. The number of carbonyl (C=O) groups excluding carboxylic acids is 2. The Morgan fingerprint density at radius 3 is 2.60 bits per heavy atom. The molecule has 110 valence electrons. The van der Waals surface area contributed by atoms with Gasteiger partial charge in [-0.15, -0.1) is 0 Å². The molecule has 1 aliphatic rings. The molecule has 0 atom stereocenters. The third-order valence-electron chi connectivity index (χ3n) is 3.41. The van der Waals surface area contributed by atoms with Crippen molar-refractivity contribution in [3.63, 3.8) is 0 Å². The fourth-order valence-electron chi connectivity index (χ4n) is 2.34. The number of nitrogens with one attached hydrogen (secondary N) is 1. The summed E-state index contributed by atoms with van der Waals surface area (Å²) in [7, 11) is 0. The highest BCUT2D eigenvalue weighted by molar-refractivity contribution is 5.96. The Balaban J connectivity index is 1.81. The summed E-state index contributed by atoms with van der Waals surface area (Å²) in [6.45, 7) is 2.19. The number of hydrogen-bond acceptors (Lipinski definition) is 7. The van der Waals surface area contributed by atoms with E-state index in [0.29, 0.717) is 19.4 Å². The number of amides is 1. The minimum absolute atomic E-state index is 0.00230. The van der Waals surface area contributed by atoms with Crippen LogP contribution in [-0.4, -0.2) is 34.8 Å². The molecule has 0 bridgehead atoms. The monoisotopic (exact) mass is 282 g/mol. The van der Waals surface area contributed by atoms with Crippen LogP contribution in [0.1, 0.15) is 43.1 Å². The zero-order valence-electron chi connectivity index (χ0n) is 11.3.